The lowest BCUT2D eigenvalue weighted by atomic mass is 10.0. The Kier molecular flexibility index (Phi) is 5.72. The van der Waals surface area contributed by atoms with E-state index in [4.69, 9.17) is 9.26 Å². The summed E-state index contributed by atoms with van der Waals surface area (Å²) in [7, 11) is 0. The molecular weight excluding hydrogens is 356 g/mol. The second-order valence-electron chi connectivity index (χ2n) is 8.41. The summed E-state index contributed by atoms with van der Waals surface area (Å²) in [6, 6.07) is 7.72. The number of hydrogen-bond acceptors (Lipinski definition) is 5. The fourth-order valence-corrected chi connectivity index (χ4v) is 3.07. The maximum Gasteiger partial charge on any atom is 0.408 e. The number of para-hydroxylation sites is 1. The minimum atomic E-state index is -0.565. The van der Waals surface area contributed by atoms with Crippen LogP contribution < -0.4 is 5.32 Å². The maximum atomic E-state index is 12.2. The molecule has 0 saturated heterocycles. The summed E-state index contributed by atoms with van der Waals surface area (Å²) in [5, 5.41) is 8.12. The van der Waals surface area contributed by atoms with E-state index in [0.29, 0.717) is 30.5 Å². The normalized spacial score (nSPS) is 13.1. The number of fused-ring (bicyclic) bond motifs is 1. The zero-order chi connectivity index (χ0) is 20.3. The highest BCUT2D eigenvalue weighted by molar-refractivity contribution is 5.83. The number of aromatic amines is 1. The number of benzene rings is 1. The average Bonchev–Trinajstić information content (AvgIpc) is 3.20. The van der Waals surface area contributed by atoms with Gasteiger partial charge in [-0.25, -0.2) is 4.79 Å². The second-order valence-corrected chi connectivity index (χ2v) is 8.41. The van der Waals surface area contributed by atoms with Crippen molar-refractivity contribution >= 4 is 17.0 Å². The van der Waals surface area contributed by atoms with Crippen LogP contribution in [0.3, 0.4) is 0 Å². The average molecular weight is 384 g/mol. The molecule has 1 atom stereocenters. The van der Waals surface area contributed by atoms with Gasteiger partial charge in [0.15, 0.2) is 5.82 Å². The zero-order valence-electron chi connectivity index (χ0n) is 17.1. The number of nitrogens with zero attached hydrogens (tertiary/aromatic N) is 2. The molecule has 28 heavy (non-hydrogen) atoms. The lowest BCUT2D eigenvalue weighted by Crippen LogP contribution is -2.35. The molecule has 0 saturated carbocycles. The fourth-order valence-electron chi connectivity index (χ4n) is 3.07. The van der Waals surface area contributed by atoms with E-state index in [9.17, 15) is 4.79 Å². The Morgan fingerprint density at radius 1 is 1.29 bits per heavy atom. The number of ether oxygens (including phenoxy) is 1. The Balaban J connectivity index is 1.75. The van der Waals surface area contributed by atoms with Crippen molar-refractivity contribution in [1.29, 1.82) is 0 Å². The Labute approximate surface area is 164 Å². The Morgan fingerprint density at radius 3 is 2.75 bits per heavy atom. The van der Waals surface area contributed by atoms with Gasteiger partial charge in [-0.3, -0.25) is 0 Å². The van der Waals surface area contributed by atoms with Crippen molar-refractivity contribution in [1.82, 2.24) is 20.4 Å². The van der Waals surface area contributed by atoms with Gasteiger partial charge in [0.1, 0.15) is 5.60 Å². The van der Waals surface area contributed by atoms with Gasteiger partial charge in [0.05, 0.1) is 12.5 Å². The van der Waals surface area contributed by atoms with E-state index in [0.717, 1.165) is 16.5 Å². The number of H-pyrrole nitrogens is 1. The molecule has 2 heterocycles. The number of rotatable bonds is 6. The van der Waals surface area contributed by atoms with E-state index >= 15 is 0 Å². The molecule has 0 spiro atoms. The van der Waals surface area contributed by atoms with Crippen molar-refractivity contribution in [2.45, 2.75) is 59.1 Å². The van der Waals surface area contributed by atoms with Gasteiger partial charge in [-0.2, -0.15) is 4.98 Å². The first kappa shape index (κ1) is 19.9. The van der Waals surface area contributed by atoms with Gasteiger partial charge < -0.3 is 19.6 Å². The third-order valence-electron chi connectivity index (χ3n) is 4.21. The molecule has 1 amide bonds. The Hall–Kier alpha value is -2.83. The van der Waals surface area contributed by atoms with Crippen LogP contribution in [-0.4, -0.2) is 26.8 Å². The Morgan fingerprint density at radius 2 is 2.04 bits per heavy atom. The molecule has 2 aromatic heterocycles. The van der Waals surface area contributed by atoms with Gasteiger partial charge >= 0.3 is 6.09 Å². The molecule has 0 bridgehead atoms. The number of alkyl carbamates (subject to hydrolysis) is 1. The lowest BCUT2D eigenvalue weighted by Gasteiger charge is -2.23. The highest BCUT2D eigenvalue weighted by Gasteiger charge is 2.25. The first-order valence-electron chi connectivity index (χ1n) is 9.58. The number of carbonyl (C=O) groups is 1. The molecule has 7 heteroatoms. The Bertz CT molecular complexity index is 936. The van der Waals surface area contributed by atoms with Crippen LogP contribution in [0.4, 0.5) is 4.79 Å². The van der Waals surface area contributed by atoms with Crippen LogP contribution in [0.5, 0.6) is 0 Å². The van der Waals surface area contributed by atoms with Gasteiger partial charge in [-0.15, -0.1) is 0 Å². The molecule has 3 rings (SSSR count). The fraction of sp³-hybridized carbons (Fsp3) is 0.476. The first-order chi connectivity index (χ1) is 13.2. The first-order valence-corrected chi connectivity index (χ1v) is 9.58. The number of hydrogen-bond donors (Lipinski definition) is 2. The number of aromatic nitrogens is 3. The summed E-state index contributed by atoms with van der Waals surface area (Å²) in [6.07, 6.45) is 2.68. The van der Waals surface area contributed by atoms with E-state index in [1.807, 2.05) is 45.2 Å². The van der Waals surface area contributed by atoms with Gasteiger partial charge in [0, 0.05) is 17.1 Å². The molecule has 0 fully saturated rings. The molecule has 150 valence electrons. The largest absolute Gasteiger partial charge is 0.444 e. The van der Waals surface area contributed by atoms with Crippen LogP contribution in [0.15, 0.2) is 35.0 Å². The van der Waals surface area contributed by atoms with Crippen molar-refractivity contribution in [2.24, 2.45) is 5.92 Å². The van der Waals surface area contributed by atoms with E-state index in [1.165, 1.54) is 0 Å². The van der Waals surface area contributed by atoms with Crippen LogP contribution in [0, 0.1) is 5.92 Å². The smallest absolute Gasteiger partial charge is 0.408 e. The van der Waals surface area contributed by atoms with E-state index in [1.54, 1.807) is 0 Å². The predicted octanol–water partition coefficient (Wildman–Crippen LogP) is 4.75. The van der Waals surface area contributed by atoms with Gasteiger partial charge in [-0.1, -0.05) is 37.2 Å². The molecule has 0 unspecified atom stereocenters. The van der Waals surface area contributed by atoms with Crippen LogP contribution in [0.1, 0.15) is 64.4 Å². The quantitative estimate of drug-likeness (QED) is 0.639. The maximum absolute atomic E-state index is 12.2. The molecule has 7 nitrogen and oxygen atoms in total. The SMILES string of the molecule is CC(C)C[C@H](NC(=O)OC(C)(C)C)c1noc(Cc2c[nH]c3ccccc23)n1. The van der Waals surface area contributed by atoms with Crippen LogP contribution in [0.2, 0.25) is 0 Å². The molecule has 0 aliphatic rings. The van der Waals surface area contributed by atoms with Crippen molar-refractivity contribution in [3.8, 4) is 0 Å². The summed E-state index contributed by atoms with van der Waals surface area (Å²) in [4.78, 5) is 20.0. The van der Waals surface area contributed by atoms with E-state index in [2.05, 4.69) is 40.4 Å². The van der Waals surface area contributed by atoms with Gasteiger partial charge in [0.25, 0.3) is 0 Å². The van der Waals surface area contributed by atoms with Crippen molar-refractivity contribution in [2.75, 3.05) is 0 Å². The topological polar surface area (TPSA) is 93.0 Å². The zero-order valence-corrected chi connectivity index (χ0v) is 17.1. The molecule has 0 aliphatic carbocycles. The monoisotopic (exact) mass is 384 g/mol. The second kappa shape index (κ2) is 8.04. The molecular formula is C21H28N4O3. The van der Waals surface area contributed by atoms with Crippen LogP contribution >= 0.6 is 0 Å². The minimum absolute atomic E-state index is 0.343. The third-order valence-corrected chi connectivity index (χ3v) is 4.21. The van der Waals surface area contributed by atoms with Crippen molar-refractivity contribution in [3.05, 3.63) is 47.7 Å². The molecule has 0 aliphatic heterocycles. The lowest BCUT2D eigenvalue weighted by molar-refractivity contribution is 0.0494. The summed E-state index contributed by atoms with van der Waals surface area (Å²) in [5.41, 5.74) is 1.59. The molecule has 0 radical (unpaired) electrons. The van der Waals surface area contributed by atoms with Crippen LogP contribution in [-0.2, 0) is 11.2 Å². The molecule has 3 aromatic rings. The van der Waals surface area contributed by atoms with Crippen molar-refractivity contribution < 1.29 is 14.1 Å². The third kappa shape index (κ3) is 5.12. The van der Waals surface area contributed by atoms with Crippen LogP contribution in [0.25, 0.3) is 10.9 Å². The van der Waals surface area contributed by atoms with E-state index < -0.39 is 11.7 Å². The minimum Gasteiger partial charge on any atom is -0.444 e. The van der Waals surface area contributed by atoms with E-state index in [-0.39, 0.29) is 6.04 Å². The number of carbonyl (C=O) groups excluding carboxylic acids is 1. The number of nitrogens with one attached hydrogen (secondary N) is 2. The summed E-state index contributed by atoms with van der Waals surface area (Å²) in [6.45, 7) is 9.65. The summed E-state index contributed by atoms with van der Waals surface area (Å²) < 4.78 is 10.8. The van der Waals surface area contributed by atoms with Gasteiger partial charge in [-0.05, 0) is 44.7 Å². The number of amides is 1. The summed E-state index contributed by atoms with van der Waals surface area (Å²) >= 11 is 0. The summed E-state index contributed by atoms with van der Waals surface area (Å²) in [5.74, 6) is 1.32. The van der Waals surface area contributed by atoms with Gasteiger partial charge in [0.2, 0.25) is 5.89 Å². The predicted molar refractivity (Wildman–Crippen MR) is 107 cm³/mol. The highest BCUT2D eigenvalue weighted by Crippen LogP contribution is 2.23. The van der Waals surface area contributed by atoms with Crippen molar-refractivity contribution in [3.63, 3.8) is 0 Å². The molecule has 2 N–H and O–H groups in total. The highest BCUT2D eigenvalue weighted by atomic mass is 16.6. The standard InChI is InChI=1S/C21H28N4O3/c1-13(2)10-17(23-20(26)27-21(3,4)5)19-24-18(28-25-19)11-14-12-22-16-9-7-6-8-15(14)16/h6-9,12-13,17,22H,10-11H2,1-5H3,(H,23,26)/t17-/m0/s1. The molecule has 1 aromatic carbocycles.